The first-order chi connectivity index (χ1) is 11.7. The first kappa shape index (κ1) is 16.1. The minimum atomic E-state index is -0.408. The lowest BCUT2D eigenvalue weighted by Crippen LogP contribution is -2.13. The highest BCUT2D eigenvalue weighted by Gasteiger charge is 2.16. The molecule has 6 nitrogen and oxygen atoms in total. The number of nitrogens with two attached hydrogens (primary N) is 1. The van der Waals surface area contributed by atoms with E-state index in [1.807, 2.05) is 60.7 Å². The number of rotatable bonds is 7. The van der Waals surface area contributed by atoms with Crippen molar-refractivity contribution in [2.24, 2.45) is 5.73 Å². The Morgan fingerprint density at radius 3 is 2.38 bits per heavy atom. The molecule has 0 spiro atoms. The maximum Gasteiger partial charge on any atom is 0.322 e. The molecule has 0 saturated carbocycles. The summed E-state index contributed by atoms with van der Waals surface area (Å²) >= 11 is 1.23. The average molecular weight is 340 g/mol. The summed E-state index contributed by atoms with van der Waals surface area (Å²) in [6.07, 6.45) is 0. The zero-order valence-electron chi connectivity index (χ0n) is 12.8. The van der Waals surface area contributed by atoms with Gasteiger partial charge in [-0.1, -0.05) is 65.4 Å². The molecule has 2 N–H and O–H groups in total. The zero-order valence-corrected chi connectivity index (χ0v) is 13.6. The maximum atomic E-state index is 11.1. The van der Waals surface area contributed by atoms with Crippen molar-refractivity contribution >= 4 is 17.7 Å². The monoisotopic (exact) mass is 340 g/mol. The predicted octanol–water partition coefficient (Wildman–Crippen LogP) is 2.42. The number of ether oxygens (including phenoxy) is 1. The third kappa shape index (κ3) is 3.94. The summed E-state index contributed by atoms with van der Waals surface area (Å²) in [6.45, 7) is 0.381. The molecule has 0 unspecified atom stereocenters. The Bertz CT molecular complexity index is 806. The van der Waals surface area contributed by atoms with Crippen LogP contribution in [0.3, 0.4) is 0 Å². The minimum Gasteiger partial charge on any atom is -0.458 e. The van der Waals surface area contributed by atoms with Gasteiger partial charge in [-0.25, -0.2) is 4.57 Å². The Morgan fingerprint density at radius 2 is 1.71 bits per heavy atom. The van der Waals surface area contributed by atoms with E-state index in [1.165, 1.54) is 11.8 Å². The number of thioether (sulfide) groups is 1. The Labute approximate surface area is 143 Å². The number of carbonyl (C=O) groups is 1. The molecule has 0 aliphatic heterocycles. The second-order valence-electron chi connectivity index (χ2n) is 4.97. The van der Waals surface area contributed by atoms with Gasteiger partial charge in [0.05, 0.1) is 11.4 Å². The van der Waals surface area contributed by atoms with Gasteiger partial charge < -0.3 is 10.5 Å². The molecule has 3 aromatic rings. The molecule has 1 aromatic heterocycles. The van der Waals surface area contributed by atoms with E-state index in [0.717, 1.165) is 11.3 Å². The standard InChI is InChI=1S/C17H16N4O2S/c18-15(22)12-24-17-20-19-16(21(17)14-9-5-2-6-10-14)23-11-13-7-3-1-4-8-13/h1-10H,11-12H2,(H2,18,22). The molecule has 122 valence electrons. The van der Waals surface area contributed by atoms with Crippen molar-refractivity contribution in [3.63, 3.8) is 0 Å². The van der Waals surface area contributed by atoms with Gasteiger partial charge in [-0.3, -0.25) is 4.79 Å². The fourth-order valence-electron chi connectivity index (χ4n) is 2.10. The zero-order chi connectivity index (χ0) is 16.8. The molecule has 0 radical (unpaired) electrons. The molecular formula is C17H16N4O2S. The smallest absolute Gasteiger partial charge is 0.322 e. The lowest BCUT2D eigenvalue weighted by molar-refractivity contribution is -0.115. The van der Waals surface area contributed by atoms with Gasteiger partial charge in [0.2, 0.25) is 5.91 Å². The van der Waals surface area contributed by atoms with E-state index in [1.54, 1.807) is 4.57 Å². The molecule has 0 fully saturated rings. The largest absolute Gasteiger partial charge is 0.458 e. The van der Waals surface area contributed by atoms with E-state index < -0.39 is 5.91 Å². The number of amides is 1. The highest BCUT2D eigenvalue weighted by Crippen LogP contribution is 2.26. The van der Waals surface area contributed by atoms with E-state index in [4.69, 9.17) is 10.5 Å². The summed E-state index contributed by atoms with van der Waals surface area (Å²) < 4.78 is 7.60. The molecule has 0 bridgehead atoms. The molecule has 0 aliphatic rings. The van der Waals surface area contributed by atoms with Crippen molar-refractivity contribution in [1.29, 1.82) is 0 Å². The van der Waals surface area contributed by atoms with Gasteiger partial charge in [-0.15, -0.1) is 5.10 Å². The van der Waals surface area contributed by atoms with Gasteiger partial charge in [-0.2, -0.15) is 0 Å². The molecule has 3 rings (SSSR count). The highest BCUT2D eigenvalue weighted by atomic mass is 32.2. The van der Waals surface area contributed by atoms with Gasteiger partial charge in [0.25, 0.3) is 0 Å². The Hall–Kier alpha value is -2.80. The summed E-state index contributed by atoms with van der Waals surface area (Å²) in [7, 11) is 0. The Kier molecular flexibility index (Phi) is 5.12. The van der Waals surface area contributed by atoms with E-state index >= 15 is 0 Å². The quantitative estimate of drug-likeness (QED) is 0.668. The molecule has 0 atom stereocenters. The van der Waals surface area contributed by atoms with Gasteiger partial charge in [0.1, 0.15) is 6.61 Å². The first-order valence-corrected chi connectivity index (χ1v) is 8.31. The van der Waals surface area contributed by atoms with Gasteiger partial charge >= 0.3 is 6.01 Å². The van der Waals surface area contributed by atoms with Crippen molar-refractivity contribution in [3.05, 3.63) is 66.2 Å². The van der Waals surface area contributed by atoms with Crippen LogP contribution in [0.5, 0.6) is 6.01 Å². The number of hydrogen-bond acceptors (Lipinski definition) is 5. The van der Waals surface area contributed by atoms with Gasteiger partial charge in [0, 0.05) is 0 Å². The van der Waals surface area contributed by atoms with Crippen LogP contribution in [0, 0.1) is 0 Å². The lowest BCUT2D eigenvalue weighted by atomic mass is 10.2. The summed E-state index contributed by atoms with van der Waals surface area (Å²) in [5.41, 5.74) is 7.11. The highest BCUT2D eigenvalue weighted by molar-refractivity contribution is 7.99. The number of hydrogen-bond donors (Lipinski definition) is 1. The number of carbonyl (C=O) groups excluding carboxylic acids is 1. The van der Waals surface area contributed by atoms with E-state index in [2.05, 4.69) is 10.2 Å². The van der Waals surface area contributed by atoms with Crippen molar-refractivity contribution < 1.29 is 9.53 Å². The van der Waals surface area contributed by atoms with E-state index in [0.29, 0.717) is 17.8 Å². The molecule has 7 heteroatoms. The second-order valence-corrected chi connectivity index (χ2v) is 5.91. The van der Waals surface area contributed by atoms with Crippen LogP contribution < -0.4 is 10.5 Å². The van der Waals surface area contributed by atoms with E-state index in [-0.39, 0.29) is 5.75 Å². The number of aromatic nitrogens is 3. The lowest BCUT2D eigenvalue weighted by Gasteiger charge is -2.10. The maximum absolute atomic E-state index is 11.1. The van der Waals surface area contributed by atoms with Crippen LogP contribution in [0.4, 0.5) is 0 Å². The third-order valence-electron chi connectivity index (χ3n) is 3.17. The fraction of sp³-hybridized carbons (Fsp3) is 0.118. The summed E-state index contributed by atoms with van der Waals surface area (Å²) in [5.74, 6) is -0.279. The van der Waals surface area contributed by atoms with Crippen molar-refractivity contribution in [1.82, 2.24) is 14.8 Å². The van der Waals surface area contributed by atoms with Gasteiger partial charge in [0.15, 0.2) is 5.16 Å². The molecule has 2 aromatic carbocycles. The summed E-state index contributed by atoms with van der Waals surface area (Å²) in [5, 5.41) is 8.78. The number of para-hydroxylation sites is 1. The van der Waals surface area contributed by atoms with Crippen molar-refractivity contribution in [2.45, 2.75) is 11.8 Å². The van der Waals surface area contributed by atoms with Crippen LogP contribution in [-0.2, 0) is 11.4 Å². The summed E-state index contributed by atoms with van der Waals surface area (Å²) in [6, 6.07) is 19.8. The topological polar surface area (TPSA) is 83.0 Å². The third-order valence-corrected chi connectivity index (χ3v) is 4.12. The number of primary amides is 1. The molecule has 1 amide bonds. The van der Waals surface area contributed by atoms with Crippen LogP contribution >= 0.6 is 11.8 Å². The van der Waals surface area contributed by atoms with Crippen LogP contribution in [-0.4, -0.2) is 26.4 Å². The average Bonchev–Trinajstić information content (AvgIpc) is 3.02. The van der Waals surface area contributed by atoms with Crippen LogP contribution in [0.1, 0.15) is 5.56 Å². The number of nitrogens with zero attached hydrogens (tertiary/aromatic N) is 3. The molecule has 0 aliphatic carbocycles. The molecule has 0 saturated heterocycles. The van der Waals surface area contributed by atoms with Crippen LogP contribution in [0.2, 0.25) is 0 Å². The fourth-order valence-corrected chi connectivity index (χ4v) is 2.78. The van der Waals surface area contributed by atoms with E-state index in [9.17, 15) is 4.79 Å². The second kappa shape index (κ2) is 7.65. The number of benzene rings is 2. The minimum absolute atomic E-state index is 0.129. The van der Waals surface area contributed by atoms with Crippen LogP contribution in [0.15, 0.2) is 65.8 Å². The Balaban J connectivity index is 1.86. The van der Waals surface area contributed by atoms with Crippen molar-refractivity contribution in [3.8, 4) is 11.7 Å². The van der Waals surface area contributed by atoms with Crippen LogP contribution in [0.25, 0.3) is 5.69 Å². The first-order valence-electron chi connectivity index (χ1n) is 7.32. The summed E-state index contributed by atoms with van der Waals surface area (Å²) in [4.78, 5) is 11.1. The molecule has 1 heterocycles. The Morgan fingerprint density at radius 1 is 1.04 bits per heavy atom. The van der Waals surface area contributed by atoms with Gasteiger partial charge in [-0.05, 0) is 17.7 Å². The van der Waals surface area contributed by atoms with Crippen molar-refractivity contribution in [2.75, 3.05) is 5.75 Å². The predicted molar refractivity (Wildman–Crippen MR) is 92.1 cm³/mol. The SMILES string of the molecule is NC(=O)CSc1nnc(OCc2ccccc2)n1-c1ccccc1. The molecular weight excluding hydrogens is 324 g/mol. The molecule has 24 heavy (non-hydrogen) atoms. The normalized spacial score (nSPS) is 10.5.